The van der Waals surface area contributed by atoms with Gasteiger partial charge in [0, 0.05) is 32.0 Å². The lowest BCUT2D eigenvalue weighted by molar-refractivity contribution is -0.359. The van der Waals surface area contributed by atoms with Crippen LogP contribution in [0.25, 0.3) is 0 Å². The third-order valence-corrected chi connectivity index (χ3v) is 10.4. The molecular weight excluding hydrogens is 686 g/mol. The number of nitrogens with one attached hydrogen (secondary N) is 3. The van der Waals surface area contributed by atoms with Crippen LogP contribution in [0.2, 0.25) is 0 Å². The minimum absolute atomic E-state index is 0.0610. The molecule has 53 heavy (non-hydrogen) atoms. The van der Waals surface area contributed by atoms with Gasteiger partial charge in [0.25, 0.3) is 0 Å². The standard InChI is InChI=1S/C38H67N5O10/c1-12-21-49-30-25(5)29(51-35(46)42-20-18-16-14-15-17-19-41-33(39)43-34(45)40-11)26(6)32(44)50-27(13-2)38(10,48)31-24(4)28(52-36(7,8)53-31)23(3)22-37(30,9)47/h1,23-31,47-48H,13-22H2,2-11H3,(H,42,46)(H4,39,40,41,43,45)/t23-,24+,25+,26-,27-,28+,29+,30-,31-,37-,38-/m1/s1. The molecule has 304 valence electrons. The fourth-order valence-electron chi connectivity index (χ4n) is 7.81. The number of guanidine groups is 1. The van der Waals surface area contributed by atoms with Gasteiger partial charge in [-0.15, -0.1) is 6.42 Å². The van der Waals surface area contributed by atoms with Gasteiger partial charge in [-0.3, -0.25) is 15.1 Å². The van der Waals surface area contributed by atoms with Gasteiger partial charge in [-0.2, -0.15) is 0 Å². The van der Waals surface area contributed by atoms with E-state index in [1.54, 1.807) is 41.5 Å². The molecule has 2 bridgehead atoms. The molecule has 0 unspecified atom stereocenters. The van der Waals surface area contributed by atoms with Crippen LogP contribution in [0.4, 0.5) is 9.59 Å². The number of aliphatic hydroxyl groups is 2. The maximum atomic E-state index is 13.9. The number of nitrogens with zero attached hydrogens (tertiary/aromatic N) is 1. The molecule has 0 aromatic heterocycles. The average Bonchev–Trinajstić information content (AvgIpc) is 3.08. The molecule has 7 N–H and O–H groups in total. The second kappa shape index (κ2) is 20.5. The van der Waals surface area contributed by atoms with Gasteiger partial charge in [0.15, 0.2) is 11.7 Å². The molecule has 2 heterocycles. The smallest absolute Gasteiger partial charge is 0.407 e. The Morgan fingerprint density at radius 2 is 1.68 bits per heavy atom. The molecule has 2 aliphatic heterocycles. The number of ether oxygens (including phenoxy) is 5. The number of hydrogen-bond acceptors (Lipinski definition) is 11. The van der Waals surface area contributed by atoms with E-state index < -0.39 is 77.4 Å². The number of nitrogens with two attached hydrogens (primary N) is 1. The third kappa shape index (κ3) is 13.3. The number of terminal acetylenes is 1. The number of urea groups is 1. The molecule has 0 saturated carbocycles. The normalized spacial score (nSPS) is 35.2. The van der Waals surface area contributed by atoms with E-state index >= 15 is 0 Å². The van der Waals surface area contributed by atoms with Gasteiger partial charge >= 0.3 is 18.1 Å². The first-order valence-electron chi connectivity index (χ1n) is 19.0. The number of carbonyl (C=O) groups excluding carboxylic acids is 3. The first kappa shape index (κ1) is 46.0. The molecule has 0 radical (unpaired) electrons. The van der Waals surface area contributed by atoms with Crippen LogP contribution >= 0.6 is 0 Å². The van der Waals surface area contributed by atoms with Gasteiger partial charge in [0.05, 0.1) is 29.8 Å². The average molecular weight is 754 g/mol. The summed E-state index contributed by atoms with van der Waals surface area (Å²) >= 11 is 0. The summed E-state index contributed by atoms with van der Waals surface area (Å²) in [5.41, 5.74) is 2.53. The highest BCUT2D eigenvalue weighted by atomic mass is 16.7. The number of alkyl carbamates (subject to hydrolysis) is 1. The first-order chi connectivity index (χ1) is 24.7. The van der Waals surface area contributed by atoms with E-state index in [-0.39, 0.29) is 30.8 Å². The zero-order chi connectivity index (χ0) is 40.1. The molecule has 2 saturated heterocycles. The number of hydrogen-bond donors (Lipinski definition) is 6. The van der Waals surface area contributed by atoms with Crippen LogP contribution in [0.5, 0.6) is 0 Å². The topological polar surface area (TPSA) is 212 Å². The van der Waals surface area contributed by atoms with Crippen molar-refractivity contribution >= 4 is 24.1 Å². The maximum Gasteiger partial charge on any atom is 0.407 e. The van der Waals surface area contributed by atoms with Crippen molar-refractivity contribution in [3.05, 3.63) is 0 Å². The van der Waals surface area contributed by atoms with Gasteiger partial charge in [0.2, 0.25) is 0 Å². The summed E-state index contributed by atoms with van der Waals surface area (Å²) in [6, 6.07) is -0.428. The maximum absolute atomic E-state index is 13.9. The Hall–Kier alpha value is -3.16. The Bertz CT molecular complexity index is 1270. The lowest BCUT2D eigenvalue weighted by Gasteiger charge is -2.53. The minimum Gasteiger partial charge on any atom is -0.459 e. The fourth-order valence-corrected chi connectivity index (χ4v) is 7.81. The van der Waals surface area contributed by atoms with Crippen LogP contribution in [0, 0.1) is 36.0 Å². The Balaban J connectivity index is 2.25. The zero-order valence-corrected chi connectivity index (χ0v) is 33.5. The second-order valence-corrected chi connectivity index (χ2v) is 15.6. The molecule has 15 heteroatoms. The number of esters is 1. The number of rotatable bonds is 12. The largest absolute Gasteiger partial charge is 0.459 e. The van der Waals surface area contributed by atoms with E-state index in [0.717, 1.165) is 25.7 Å². The summed E-state index contributed by atoms with van der Waals surface area (Å²) in [5.74, 6) is -1.59. The predicted molar refractivity (Wildman–Crippen MR) is 201 cm³/mol. The number of cyclic esters (lactones) is 1. The first-order valence-corrected chi connectivity index (χ1v) is 19.0. The molecule has 2 aliphatic rings. The molecule has 15 nitrogen and oxygen atoms in total. The van der Waals surface area contributed by atoms with E-state index in [4.69, 9.17) is 35.8 Å². The van der Waals surface area contributed by atoms with Crippen molar-refractivity contribution < 1.29 is 48.3 Å². The zero-order valence-electron chi connectivity index (χ0n) is 33.5. The van der Waals surface area contributed by atoms with E-state index in [2.05, 4.69) is 26.9 Å². The monoisotopic (exact) mass is 753 g/mol. The second-order valence-electron chi connectivity index (χ2n) is 15.6. The predicted octanol–water partition coefficient (Wildman–Crippen LogP) is 3.59. The van der Waals surface area contributed by atoms with Gasteiger partial charge < -0.3 is 50.3 Å². The van der Waals surface area contributed by atoms with Crippen molar-refractivity contribution in [2.75, 3.05) is 26.7 Å². The molecule has 0 aliphatic carbocycles. The molecule has 0 spiro atoms. The van der Waals surface area contributed by atoms with Gasteiger partial charge in [-0.1, -0.05) is 52.9 Å². The van der Waals surface area contributed by atoms with E-state index in [0.29, 0.717) is 25.9 Å². The van der Waals surface area contributed by atoms with E-state index in [9.17, 15) is 24.6 Å². The highest BCUT2D eigenvalue weighted by molar-refractivity contribution is 5.95. The molecule has 11 atom stereocenters. The van der Waals surface area contributed by atoms with Crippen molar-refractivity contribution in [2.24, 2.45) is 34.4 Å². The molecular formula is C38H67N5O10. The van der Waals surface area contributed by atoms with Crippen LogP contribution in [0.15, 0.2) is 4.99 Å². The number of carbonyl (C=O) groups is 3. The number of aliphatic imine (C=N–C) groups is 1. The van der Waals surface area contributed by atoms with Crippen LogP contribution in [0.3, 0.4) is 0 Å². The molecule has 2 fully saturated rings. The van der Waals surface area contributed by atoms with Crippen molar-refractivity contribution in [2.45, 2.75) is 155 Å². The van der Waals surface area contributed by atoms with Crippen LogP contribution in [-0.2, 0) is 28.5 Å². The fraction of sp³-hybridized carbons (Fsp3) is 0.842. The van der Waals surface area contributed by atoms with Crippen molar-refractivity contribution in [3.8, 4) is 12.3 Å². The summed E-state index contributed by atoms with van der Waals surface area (Å²) < 4.78 is 30.8. The summed E-state index contributed by atoms with van der Waals surface area (Å²) in [7, 11) is 1.49. The van der Waals surface area contributed by atoms with Crippen molar-refractivity contribution in [1.82, 2.24) is 16.0 Å². The molecule has 2 rings (SSSR count). The lowest BCUT2D eigenvalue weighted by Crippen LogP contribution is -2.64. The number of amides is 3. The van der Waals surface area contributed by atoms with Gasteiger partial charge in [-0.05, 0) is 66.2 Å². The van der Waals surface area contributed by atoms with Crippen LogP contribution in [0.1, 0.15) is 107 Å². The summed E-state index contributed by atoms with van der Waals surface area (Å²) in [5, 5.41) is 31.8. The SMILES string of the molecule is C#CCO[C@@H]1[C@@H](C)[C@H](OC(=O)NCCCCCCCN=C(N)NC(=O)NC)[C@@H](C)C(=O)O[C@H](CC)[C@@](C)(O)[C@@H]2OC(C)(C)O[C@H]([C@@H]2C)[C@H](C)C[C@@]1(C)O. The lowest BCUT2D eigenvalue weighted by atomic mass is 9.72. The molecule has 3 amide bonds. The third-order valence-electron chi connectivity index (χ3n) is 10.4. The number of fused-ring (bicyclic) bond motifs is 2. The Morgan fingerprint density at radius 3 is 2.30 bits per heavy atom. The van der Waals surface area contributed by atoms with Crippen LogP contribution < -0.4 is 21.7 Å². The molecule has 0 aromatic carbocycles. The summed E-state index contributed by atoms with van der Waals surface area (Å²) in [6.07, 6.45) is 5.20. The van der Waals surface area contributed by atoms with Gasteiger partial charge in [0.1, 0.15) is 24.4 Å². The number of unbranched alkanes of at least 4 members (excludes halogenated alkanes) is 4. The summed E-state index contributed by atoms with van der Waals surface area (Å²) in [4.78, 5) is 42.6. The van der Waals surface area contributed by atoms with Gasteiger partial charge in [-0.25, -0.2) is 9.59 Å². The Labute approximate surface area is 316 Å². The van der Waals surface area contributed by atoms with Crippen LogP contribution in [-0.4, -0.2) is 109 Å². The Morgan fingerprint density at radius 1 is 1.04 bits per heavy atom. The Kier molecular flexibility index (Phi) is 17.8. The minimum atomic E-state index is -1.61. The highest BCUT2D eigenvalue weighted by Gasteiger charge is 2.55. The quantitative estimate of drug-likeness (QED) is 0.0557. The van der Waals surface area contributed by atoms with Crippen molar-refractivity contribution in [1.29, 1.82) is 0 Å². The summed E-state index contributed by atoms with van der Waals surface area (Å²) in [6.45, 7) is 16.6. The van der Waals surface area contributed by atoms with Crippen molar-refractivity contribution in [3.63, 3.8) is 0 Å². The van der Waals surface area contributed by atoms with E-state index in [1.807, 2.05) is 20.8 Å². The molecule has 0 aromatic rings. The van der Waals surface area contributed by atoms with E-state index in [1.165, 1.54) is 7.05 Å². The highest BCUT2D eigenvalue weighted by Crippen LogP contribution is 2.44.